The highest BCUT2D eigenvalue weighted by Gasteiger charge is 2.20. The number of aromatic nitrogens is 3. The molecule has 0 atom stereocenters. The highest BCUT2D eigenvalue weighted by Crippen LogP contribution is 2.30. The van der Waals surface area contributed by atoms with Crippen LogP contribution in [0.3, 0.4) is 0 Å². The van der Waals surface area contributed by atoms with E-state index in [0.717, 1.165) is 29.1 Å². The number of hydrogen-bond donors (Lipinski definition) is 1. The summed E-state index contributed by atoms with van der Waals surface area (Å²) in [7, 11) is 0. The van der Waals surface area contributed by atoms with Crippen molar-refractivity contribution in [2.45, 2.75) is 27.3 Å². The second-order valence-electron chi connectivity index (χ2n) is 6.08. The number of halogens is 2. The maximum atomic E-state index is 13.9. The molecule has 0 aliphatic carbocycles. The summed E-state index contributed by atoms with van der Waals surface area (Å²) in [5.41, 5.74) is 9.25. The Morgan fingerprint density at radius 3 is 2.42 bits per heavy atom. The highest BCUT2D eigenvalue weighted by molar-refractivity contribution is 5.63. The van der Waals surface area contributed by atoms with Crippen molar-refractivity contribution in [1.29, 1.82) is 0 Å². The zero-order chi connectivity index (χ0) is 18.8. The number of nitrogen functional groups attached to an aromatic ring is 1. The molecule has 0 amide bonds. The molecule has 7 heteroatoms. The van der Waals surface area contributed by atoms with Gasteiger partial charge >= 0.3 is 0 Å². The van der Waals surface area contributed by atoms with Crippen molar-refractivity contribution in [2.75, 3.05) is 10.6 Å². The number of nitrogens with zero attached hydrogens (tertiary/aromatic N) is 4. The molecule has 26 heavy (non-hydrogen) atoms. The number of aryl methyl sites for hydroxylation is 2. The van der Waals surface area contributed by atoms with Gasteiger partial charge in [-0.3, -0.25) is 4.98 Å². The van der Waals surface area contributed by atoms with Crippen molar-refractivity contribution >= 4 is 17.5 Å². The average molecular weight is 355 g/mol. The maximum Gasteiger partial charge on any atom is 0.232 e. The van der Waals surface area contributed by atoms with Gasteiger partial charge in [0.2, 0.25) is 5.95 Å². The Morgan fingerprint density at radius 2 is 1.77 bits per heavy atom. The van der Waals surface area contributed by atoms with E-state index in [9.17, 15) is 8.78 Å². The lowest BCUT2D eigenvalue weighted by molar-refractivity contribution is 0.507. The highest BCUT2D eigenvalue weighted by atomic mass is 19.2. The van der Waals surface area contributed by atoms with Gasteiger partial charge < -0.3 is 10.6 Å². The van der Waals surface area contributed by atoms with E-state index in [4.69, 9.17) is 5.73 Å². The smallest absolute Gasteiger partial charge is 0.232 e. The van der Waals surface area contributed by atoms with Crippen LogP contribution < -0.4 is 10.6 Å². The molecule has 134 valence electrons. The Balaban J connectivity index is 2.15. The summed E-state index contributed by atoms with van der Waals surface area (Å²) >= 11 is 0. The fraction of sp³-hybridized carbons (Fsp3) is 0.211. The second-order valence-corrected chi connectivity index (χ2v) is 6.08. The molecule has 2 aromatic heterocycles. The van der Waals surface area contributed by atoms with Crippen molar-refractivity contribution in [3.63, 3.8) is 0 Å². The molecule has 0 unspecified atom stereocenters. The van der Waals surface area contributed by atoms with Crippen LogP contribution in [0.2, 0.25) is 0 Å². The quantitative estimate of drug-likeness (QED) is 0.766. The van der Waals surface area contributed by atoms with E-state index >= 15 is 0 Å². The third-order valence-electron chi connectivity index (χ3n) is 4.23. The third kappa shape index (κ3) is 3.46. The third-order valence-corrected chi connectivity index (χ3v) is 4.23. The molecule has 1 aromatic carbocycles. The van der Waals surface area contributed by atoms with Gasteiger partial charge in [0, 0.05) is 23.5 Å². The first-order chi connectivity index (χ1) is 12.4. The molecule has 2 heterocycles. The van der Waals surface area contributed by atoms with Crippen LogP contribution in [-0.4, -0.2) is 15.0 Å². The molecule has 2 N–H and O–H groups in total. The first kappa shape index (κ1) is 17.7. The molecule has 3 rings (SSSR count). The van der Waals surface area contributed by atoms with Crippen molar-refractivity contribution < 1.29 is 8.78 Å². The van der Waals surface area contributed by atoms with Gasteiger partial charge in [-0.15, -0.1) is 0 Å². The number of rotatable bonds is 4. The van der Waals surface area contributed by atoms with Crippen LogP contribution in [0.1, 0.15) is 22.5 Å². The predicted molar refractivity (Wildman–Crippen MR) is 97.1 cm³/mol. The average Bonchev–Trinajstić information content (AvgIpc) is 2.61. The Morgan fingerprint density at radius 1 is 1.04 bits per heavy atom. The molecular weight excluding hydrogens is 336 g/mol. The van der Waals surface area contributed by atoms with Gasteiger partial charge in [0.15, 0.2) is 11.6 Å². The van der Waals surface area contributed by atoms with E-state index in [2.05, 4.69) is 15.0 Å². The molecule has 0 spiro atoms. The van der Waals surface area contributed by atoms with E-state index in [-0.39, 0.29) is 6.54 Å². The number of anilines is 3. The summed E-state index contributed by atoms with van der Waals surface area (Å²) in [4.78, 5) is 14.8. The first-order valence-corrected chi connectivity index (χ1v) is 8.10. The SMILES string of the molecule is Cc1cc(F)c(F)cc1N(Cc1ccccn1)c1nc(C)c(C)c(N)n1. The predicted octanol–water partition coefficient (Wildman–Crippen LogP) is 4.00. The molecular formula is C19H19F2N5. The molecule has 0 bridgehead atoms. The van der Waals surface area contributed by atoms with Crippen molar-refractivity contribution in [3.05, 3.63) is 70.7 Å². The van der Waals surface area contributed by atoms with Crippen LogP contribution in [0.5, 0.6) is 0 Å². The fourth-order valence-electron chi connectivity index (χ4n) is 2.60. The Labute approximate surface area is 150 Å². The maximum absolute atomic E-state index is 13.9. The normalized spacial score (nSPS) is 10.8. The van der Waals surface area contributed by atoms with Gasteiger partial charge in [0.05, 0.1) is 17.9 Å². The Hall–Kier alpha value is -3.09. The summed E-state index contributed by atoms with van der Waals surface area (Å²) in [6.45, 7) is 5.65. The van der Waals surface area contributed by atoms with Crippen LogP contribution in [0.15, 0.2) is 36.5 Å². The van der Waals surface area contributed by atoms with Crippen molar-refractivity contribution in [2.24, 2.45) is 0 Å². The largest absolute Gasteiger partial charge is 0.383 e. The standard InChI is InChI=1S/C19H19F2N5/c1-11-8-15(20)16(21)9-17(11)26(10-14-6-4-5-7-23-14)19-24-13(3)12(2)18(22)25-19/h4-9H,10H2,1-3H3,(H2,22,24,25). The van der Waals surface area contributed by atoms with Gasteiger partial charge in [-0.2, -0.15) is 4.98 Å². The monoisotopic (exact) mass is 355 g/mol. The molecule has 0 aliphatic rings. The lowest BCUT2D eigenvalue weighted by atomic mass is 10.1. The minimum atomic E-state index is -0.937. The molecule has 0 radical (unpaired) electrons. The lowest BCUT2D eigenvalue weighted by Gasteiger charge is -2.25. The van der Waals surface area contributed by atoms with Gasteiger partial charge in [-0.25, -0.2) is 13.8 Å². The van der Waals surface area contributed by atoms with Crippen LogP contribution in [0.4, 0.5) is 26.2 Å². The summed E-state index contributed by atoms with van der Waals surface area (Å²) in [6.07, 6.45) is 1.67. The number of hydrogen-bond acceptors (Lipinski definition) is 5. The minimum Gasteiger partial charge on any atom is -0.383 e. The van der Waals surface area contributed by atoms with Crippen LogP contribution in [0, 0.1) is 32.4 Å². The zero-order valence-corrected chi connectivity index (χ0v) is 14.8. The number of pyridine rings is 1. The van der Waals surface area contributed by atoms with Crippen LogP contribution >= 0.6 is 0 Å². The minimum absolute atomic E-state index is 0.286. The molecule has 0 saturated carbocycles. The topological polar surface area (TPSA) is 67.9 Å². The van der Waals surface area contributed by atoms with E-state index in [0.29, 0.717) is 23.0 Å². The van der Waals surface area contributed by atoms with Crippen molar-refractivity contribution in [3.8, 4) is 0 Å². The summed E-state index contributed by atoms with van der Waals surface area (Å²) in [5.74, 6) is -1.18. The van der Waals surface area contributed by atoms with Gasteiger partial charge in [0.1, 0.15) is 5.82 Å². The number of nitrogens with two attached hydrogens (primary N) is 1. The van der Waals surface area contributed by atoms with E-state index in [1.54, 1.807) is 24.1 Å². The van der Waals surface area contributed by atoms with Gasteiger partial charge in [-0.1, -0.05) is 6.07 Å². The van der Waals surface area contributed by atoms with Gasteiger partial charge in [-0.05, 0) is 44.5 Å². The molecule has 0 saturated heterocycles. The summed E-state index contributed by atoms with van der Waals surface area (Å²) < 4.78 is 27.5. The van der Waals surface area contributed by atoms with Crippen molar-refractivity contribution in [1.82, 2.24) is 15.0 Å². The molecule has 5 nitrogen and oxygen atoms in total. The summed E-state index contributed by atoms with van der Waals surface area (Å²) in [6, 6.07) is 7.80. The second kappa shape index (κ2) is 7.03. The van der Waals surface area contributed by atoms with E-state index < -0.39 is 11.6 Å². The summed E-state index contributed by atoms with van der Waals surface area (Å²) in [5, 5.41) is 0. The van der Waals surface area contributed by atoms with Crippen LogP contribution in [0.25, 0.3) is 0 Å². The Bertz CT molecular complexity index is 921. The van der Waals surface area contributed by atoms with E-state index in [1.807, 2.05) is 26.0 Å². The number of benzene rings is 1. The lowest BCUT2D eigenvalue weighted by Crippen LogP contribution is -2.22. The van der Waals surface area contributed by atoms with Gasteiger partial charge in [0.25, 0.3) is 0 Å². The Kier molecular flexibility index (Phi) is 4.79. The molecule has 3 aromatic rings. The molecule has 0 aliphatic heterocycles. The molecule has 0 fully saturated rings. The van der Waals surface area contributed by atoms with Crippen LogP contribution in [-0.2, 0) is 6.54 Å². The fourth-order valence-corrected chi connectivity index (χ4v) is 2.60. The first-order valence-electron chi connectivity index (χ1n) is 8.10. The zero-order valence-electron chi connectivity index (χ0n) is 14.8. The van der Waals surface area contributed by atoms with E-state index in [1.165, 1.54) is 0 Å².